The molecule has 0 unspecified atom stereocenters. The number of amides is 1. The first kappa shape index (κ1) is 9.98. The summed E-state index contributed by atoms with van der Waals surface area (Å²) >= 11 is 0. The van der Waals surface area contributed by atoms with Gasteiger partial charge in [-0.05, 0) is 11.6 Å². The molecule has 4 heteroatoms. The molecular weight excluding hydrogens is 194 g/mol. The number of fused-ring (bicyclic) bond motifs is 1. The topological polar surface area (TPSA) is 38.8 Å². The molecule has 4 nitrogen and oxygen atoms in total. The zero-order chi connectivity index (χ0) is 10.8. The van der Waals surface area contributed by atoms with E-state index >= 15 is 0 Å². The van der Waals surface area contributed by atoms with Crippen molar-refractivity contribution in [3.05, 3.63) is 29.3 Å². The molecule has 80 valence electrons. The standard InChI is InChI=1S/C11H13NO3/c1-12(14-2)11(13)9-5-3-4-8-6-7-15-10(8)9/h3-5H,6-7H2,1-2H3. The molecule has 0 atom stereocenters. The smallest absolute Gasteiger partial charge is 0.280 e. The Morgan fingerprint density at radius 3 is 3.07 bits per heavy atom. The summed E-state index contributed by atoms with van der Waals surface area (Å²) < 4.78 is 5.44. The highest BCUT2D eigenvalue weighted by molar-refractivity contribution is 5.96. The van der Waals surface area contributed by atoms with Crippen LogP contribution in [0.1, 0.15) is 15.9 Å². The van der Waals surface area contributed by atoms with Crippen LogP contribution < -0.4 is 4.74 Å². The lowest BCUT2D eigenvalue weighted by Gasteiger charge is -2.15. The van der Waals surface area contributed by atoms with Gasteiger partial charge in [0.1, 0.15) is 5.75 Å². The van der Waals surface area contributed by atoms with E-state index in [9.17, 15) is 4.79 Å². The minimum absolute atomic E-state index is 0.184. The summed E-state index contributed by atoms with van der Waals surface area (Å²) in [6, 6.07) is 5.60. The van der Waals surface area contributed by atoms with Crippen LogP contribution in [0.5, 0.6) is 5.75 Å². The Labute approximate surface area is 88.4 Å². The maximum Gasteiger partial charge on any atom is 0.280 e. The van der Waals surface area contributed by atoms with Gasteiger partial charge in [-0.15, -0.1) is 0 Å². The molecule has 1 aliphatic rings. The van der Waals surface area contributed by atoms with E-state index in [-0.39, 0.29) is 5.91 Å². The Kier molecular flexibility index (Phi) is 2.60. The Balaban J connectivity index is 2.37. The summed E-state index contributed by atoms with van der Waals surface area (Å²) in [6.07, 6.45) is 0.868. The number of para-hydroxylation sites is 1. The molecule has 0 fully saturated rings. The van der Waals surface area contributed by atoms with Gasteiger partial charge in [-0.3, -0.25) is 9.63 Å². The van der Waals surface area contributed by atoms with Gasteiger partial charge in [0.15, 0.2) is 0 Å². The van der Waals surface area contributed by atoms with Crippen LogP contribution in [0.25, 0.3) is 0 Å². The van der Waals surface area contributed by atoms with Crippen molar-refractivity contribution in [3.63, 3.8) is 0 Å². The van der Waals surface area contributed by atoms with Crippen LogP contribution in [0.15, 0.2) is 18.2 Å². The van der Waals surface area contributed by atoms with E-state index in [4.69, 9.17) is 9.57 Å². The predicted octanol–water partition coefficient (Wildman–Crippen LogP) is 1.25. The highest BCUT2D eigenvalue weighted by Crippen LogP contribution is 2.29. The summed E-state index contributed by atoms with van der Waals surface area (Å²) in [5, 5.41) is 1.19. The van der Waals surface area contributed by atoms with Crippen molar-refractivity contribution in [1.82, 2.24) is 5.06 Å². The number of hydrogen-bond donors (Lipinski definition) is 0. The van der Waals surface area contributed by atoms with Gasteiger partial charge >= 0.3 is 0 Å². The molecule has 1 amide bonds. The first-order valence-corrected chi connectivity index (χ1v) is 4.81. The van der Waals surface area contributed by atoms with Gasteiger partial charge in [-0.25, -0.2) is 5.06 Å². The van der Waals surface area contributed by atoms with E-state index in [0.717, 1.165) is 12.0 Å². The van der Waals surface area contributed by atoms with Gasteiger partial charge in [0.05, 0.1) is 19.3 Å². The van der Waals surface area contributed by atoms with Gasteiger partial charge in [0.25, 0.3) is 5.91 Å². The Bertz CT molecular complexity index is 389. The highest BCUT2D eigenvalue weighted by Gasteiger charge is 2.22. The van der Waals surface area contributed by atoms with Crippen LogP contribution in [0.2, 0.25) is 0 Å². The molecular formula is C11H13NO3. The van der Waals surface area contributed by atoms with E-state index in [0.29, 0.717) is 17.9 Å². The van der Waals surface area contributed by atoms with Crippen LogP contribution in [0.4, 0.5) is 0 Å². The summed E-state index contributed by atoms with van der Waals surface area (Å²) in [7, 11) is 3.04. The van der Waals surface area contributed by atoms with Gasteiger partial charge in [-0.2, -0.15) is 0 Å². The molecule has 1 aromatic rings. The van der Waals surface area contributed by atoms with Crippen molar-refractivity contribution >= 4 is 5.91 Å². The summed E-state index contributed by atoms with van der Waals surface area (Å²) in [5.41, 5.74) is 1.65. The van der Waals surface area contributed by atoms with Crippen molar-refractivity contribution in [2.45, 2.75) is 6.42 Å². The fraction of sp³-hybridized carbons (Fsp3) is 0.364. The van der Waals surface area contributed by atoms with Gasteiger partial charge in [-0.1, -0.05) is 12.1 Å². The molecule has 1 aromatic carbocycles. The molecule has 0 spiro atoms. The number of nitrogens with zero attached hydrogens (tertiary/aromatic N) is 1. The molecule has 0 aromatic heterocycles. The minimum Gasteiger partial charge on any atom is -0.492 e. The fourth-order valence-electron chi connectivity index (χ4n) is 1.64. The van der Waals surface area contributed by atoms with E-state index < -0.39 is 0 Å². The SMILES string of the molecule is CON(C)C(=O)c1cccc2c1OCC2. The average Bonchev–Trinajstić information content (AvgIpc) is 2.74. The van der Waals surface area contributed by atoms with Gasteiger partial charge < -0.3 is 4.74 Å². The maximum absolute atomic E-state index is 11.9. The highest BCUT2D eigenvalue weighted by atomic mass is 16.7. The summed E-state index contributed by atoms with van der Waals surface area (Å²) in [4.78, 5) is 16.7. The summed E-state index contributed by atoms with van der Waals surface area (Å²) in [5.74, 6) is 0.516. The number of hydrogen-bond acceptors (Lipinski definition) is 3. The summed E-state index contributed by atoms with van der Waals surface area (Å²) in [6.45, 7) is 0.649. The molecule has 0 radical (unpaired) electrons. The third kappa shape index (κ3) is 1.68. The van der Waals surface area contributed by atoms with Gasteiger partial charge in [0.2, 0.25) is 0 Å². The molecule has 1 aliphatic heterocycles. The van der Waals surface area contributed by atoms with Crippen LogP contribution in [-0.2, 0) is 11.3 Å². The lowest BCUT2D eigenvalue weighted by molar-refractivity contribution is -0.0758. The number of benzene rings is 1. The number of carbonyl (C=O) groups excluding carboxylic acids is 1. The van der Waals surface area contributed by atoms with Crippen LogP contribution in [0, 0.1) is 0 Å². The Morgan fingerprint density at radius 2 is 2.33 bits per heavy atom. The first-order valence-electron chi connectivity index (χ1n) is 4.81. The third-order valence-electron chi connectivity index (χ3n) is 2.50. The second-order valence-corrected chi connectivity index (χ2v) is 3.38. The van der Waals surface area contributed by atoms with E-state index in [1.165, 1.54) is 12.2 Å². The molecule has 0 saturated heterocycles. The lowest BCUT2D eigenvalue weighted by atomic mass is 10.1. The third-order valence-corrected chi connectivity index (χ3v) is 2.50. The number of carbonyl (C=O) groups is 1. The molecule has 0 aliphatic carbocycles. The Hall–Kier alpha value is -1.55. The quantitative estimate of drug-likeness (QED) is 0.685. The van der Waals surface area contributed by atoms with Crippen molar-refractivity contribution in [3.8, 4) is 5.75 Å². The largest absolute Gasteiger partial charge is 0.492 e. The minimum atomic E-state index is -0.184. The maximum atomic E-state index is 11.9. The molecule has 0 N–H and O–H groups in total. The predicted molar refractivity (Wildman–Crippen MR) is 54.7 cm³/mol. The first-order chi connectivity index (χ1) is 7.24. The van der Waals surface area contributed by atoms with Crippen molar-refractivity contribution < 1.29 is 14.4 Å². The molecule has 15 heavy (non-hydrogen) atoms. The zero-order valence-electron chi connectivity index (χ0n) is 8.82. The monoisotopic (exact) mass is 207 g/mol. The van der Waals surface area contributed by atoms with Gasteiger partial charge in [0, 0.05) is 13.5 Å². The molecule has 0 saturated carbocycles. The number of ether oxygens (including phenoxy) is 1. The Morgan fingerprint density at radius 1 is 1.53 bits per heavy atom. The van der Waals surface area contributed by atoms with E-state index in [1.54, 1.807) is 13.1 Å². The number of rotatable bonds is 2. The lowest BCUT2D eigenvalue weighted by Crippen LogP contribution is -2.25. The van der Waals surface area contributed by atoms with Crippen LogP contribution in [0.3, 0.4) is 0 Å². The normalized spacial score (nSPS) is 13.2. The molecule has 0 bridgehead atoms. The van der Waals surface area contributed by atoms with Crippen LogP contribution >= 0.6 is 0 Å². The second kappa shape index (κ2) is 3.90. The second-order valence-electron chi connectivity index (χ2n) is 3.38. The van der Waals surface area contributed by atoms with Crippen molar-refractivity contribution in [2.75, 3.05) is 20.8 Å². The zero-order valence-corrected chi connectivity index (χ0v) is 8.82. The fourth-order valence-corrected chi connectivity index (χ4v) is 1.64. The van der Waals surface area contributed by atoms with E-state index in [1.807, 2.05) is 12.1 Å². The number of hydroxylamine groups is 2. The molecule has 2 rings (SSSR count). The van der Waals surface area contributed by atoms with Crippen LogP contribution in [-0.4, -0.2) is 31.7 Å². The van der Waals surface area contributed by atoms with Crippen molar-refractivity contribution in [1.29, 1.82) is 0 Å². The average molecular weight is 207 g/mol. The van der Waals surface area contributed by atoms with Crippen molar-refractivity contribution in [2.24, 2.45) is 0 Å². The van der Waals surface area contributed by atoms with E-state index in [2.05, 4.69) is 0 Å². The molecule has 1 heterocycles.